The van der Waals surface area contributed by atoms with E-state index in [1.165, 1.54) is 33.5 Å². The Hall–Kier alpha value is -3.99. The van der Waals surface area contributed by atoms with Crippen LogP contribution in [-0.4, -0.2) is 21.6 Å². The van der Waals surface area contributed by atoms with Crippen molar-refractivity contribution < 1.29 is 4.57 Å². The molecule has 5 heteroatoms. The maximum absolute atomic E-state index is 5.12. The standard InChI is InChI=1S/C35H40N5/c1-6-8-23-39-31(40(24-9-7-2)34-33(39)36-27-17-12-13-18-28(27)37-34)20-14-19-30-35(3,4)32-26-16-11-10-15-25(26)21-22-29(32)38(30)5/h10-22H,6-9,23-24H2,1-5H3/q+1. The predicted octanol–water partition coefficient (Wildman–Crippen LogP) is 7.95. The van der Waals surface area contributed by atoms with Crippen molar-refractivity contribution in [3.63, 3.8) is 0 Å². The van der Waals surface area contributed by atoms with Crippen LogP contribution >= 0.6 is 0 Å². The van der Waals surface area contributed by atoms with Crippen LogP contribution in [-0.2, 0) is 18.5 Å². The Morgan fingerprint density at radius 3 is 2.38 bits per heavy atom. The van der Waals surface area contributed by atoms with Crippen molar-refractivity contribution in [1.29, 1.82) is 0 Å². The van der Waals surface area contributed by atoms with Gasteiger partial charge in [0.05, 0.1) is 13.1 Å². The van der Waals surface area contributed by atoms with Gasteiger partial charge in [-0.1, -0.05) is 94.1 Å². The highest BCUT2D eigenvalue weighted by atomic mass is 15.2. The molecule has 204 valence electrons. The minimum absolute atomic E-state index is 0.108. The molecule has 6 rings (SSSR count). The smallest absolute Gasteiger partial charge is 0.323 e. The molecule has 40 heavy (non-hydrogen) atoms. The zero-order valence-electron chi connectivity index (χ0n) is 24.5. The Bertz CT molecular complexity index is 1710. The molecule has 0 aliphatic carbocycles. The van der Waals surface area contributed by atoms with Gasteiger partial charge < -0.3 is 4.90 Å². The number of anilines is 1. The second kappa shape index (κ2) is 10.5. The normalized spacial score (nSPS) is 15.8. The fourth-order valence-electron chi connectivity index (χ4n) is 6.38. The van der Waals surface area contributed by atoms with Crippen LogP contribution in [0.1, 0.15) is 64.8 Å². The van der Waals surface area contributed by atoms with Gasteiger partial charge in [0.1, 0.15) is 5.52 Å². The number of allylic oxidation sites excluding steroid dienone is 3. The van der Waals surface area contributed by atoms with Gasteiger partial charge in [-0.05, 0) is 53.5 Å². The van der Waals surface area contributed by atoms with Crippen molar-refractivity contribution in [3.8, 4) is 0 Å². The molecule has 3 aromatic carbocycles. The minimum atomic E-state index is -0.108. The van der Waals surface area contributed by atoms with Crippen molar-refractivity contribution in [2.75, 3.05) is 11.9 Å². The van der Waals surface area contributed by atoms with Crippen molar-refractivity contribution in [2.24, 2.45) is 0 Å². The molecule has 0 N–H and O–H groups in total. The Morgan fingerprint density at radius 2 is 1.60 bits per heavy atom. The van der Waals surface area contributed by atoms with Crippen LogP contribution in [0.4, 0.5) is 5.69 Å². The number of aryl methyl sites for hydroxylation is 2. The van der Waals surface area contributed by atoms with Gasteiger partial charge in [0, 0.05) is 29.9 Å². The summed E-state index contributed by atoms with van der Waals surface area (Å²) < 4.78 is 4.77. The largest absolute Gasteiger partial charge is 0.347 e. The summed E-state index contributed by atoms with van der Waals surface area (Å²) in [6, 6.07) is 21.5. The van der Waals surface area contributed by atoms with E-state index in [0.29, 0.717) is 0 Å². The fourth-order valence-corrected chi connectivity index (χ4v) is 6.38. The lowest BCUT2D eigenvalue weighted by molar-refractivity contribution is -0.676. The number of unbranched alkanes of at least 4 members (excludes halogenated alkanes) is 2. The van der Waals surface area contributed by atoms with E-state index in [1.54, 1.807) is 0 Å². The highest BCUT2D eigenvalue weighted by Crippen LogP contribution is 2.49. The van der Waals surface area contributed by atoms with Crippen LogP contribution in [0.5, 0.6) is 0 Å². The van der Waals surface area contributed by atoms with E-state index in [0.717, 1.165) is 61.1 Å². The SMILES string of the molecule is CCCCn1c(C=CC=C2N(C)c3ccc4ccccc4c3C2(C)C)[n+](CCCC)c2nc3ccccc3nc21. The lowest BCUT2D eigenvalue weighted by Crippen LogP contribution is -2.37. The van der Waals surface area contributed by atoms with Crippen molar-refractivity contribution in [3.05, 3.63) is 89.9 Å². The number of para-hydroxylation sites is 2. The first-order valence-corrected chi connectivity index (χ1v) is 14.8. The second-order valence-electron chi connectivity index (χ2n) is 11.5. The van der Waals surface area contributed by atoms with E-state index in [-0.39, 0.29) is 5.41 Å². The topological polar surface area (TPSA) is 37.8 Å². The maximum atomic E-state index is 5.12. The van der Waals surface area contributed by atoms with Crippen LogP contribution in [0.15, 0.2) is 78.5 Å². The second-order valence-corrected chi connectivity index (χ2v) is 11.5. The molecule has 0 amide bonds. The summed E-state index contributed by atoms with van der Waals surface area (Å²) in [6.07, 6.45) is 11.3. The van der Waals surface area contributed by atoms with E-state index in [1.807, 2.05) is 12.1 Å². The Balaban J connectivity index is 1.48. The molecule has 2 aromatic heterocycles. The number of hydrogen-bond acceptors (Lipinski definition) is 3. The van der Waals surface area contributed by atoms with Gasteiger partial charge in [0.2, 0.25) is 5.82 Å². The summed E-state index contributed by atoms with van der Waals surface area (Å²) in [5.74, 6) is 1.17. The molecule has 1 aliphatic heterocycles. The van der Waals surface area contributed by atoms with Crippen LogP contribution in [0.25, 0.3) is 39.2 Å². The molecule has 0 saturated heterocycles. The third-order valence-electron chi connectivity index (χ3n) is 8.46. The number of nitrogens with zero attached hydrogens (tertiary/aromatic N) is 5. The molecule has 0 spiro atoms. The molecule has 0 radical (unpaired) electrons. The Morgan fingerprint density at radius 1 is 0.875 bits per heavy atom. The number of benzene rings is 3. The molecular weight excluding hydrogens is 490 g/mol. The summed E-state index contributed by atoms with van der Waals surface area (Å²) in [6.45, 7) is 11.0. The summed E-state index contributed by atoms with van der Waals surface area (Å²) >= 11 is 0. The Labute approximate surface area is 237 Å². The lowest BCUT2D eigenvalue weighted by atomic mass is 9.81. The van der Waals surface area contributed by atoms with Gasteiger partial charge in [-0.15, -0.1) is 0 Å². The van der Waals surface area contributed by atoms with E-state index in [4.69, 9.17) is 9.97 Å². The molecule has 0 unspecified atom stereocenters. The quantitative estimate of drug-likeness (QED) is 0.191. The molecular formula is C35H40N5+. The summed E-state index contributed by atoms with van der Waals surface area (Å²) in [7, 11) is 2.20. The Kier molecular flexibility index (Phi) is 6.91. The first kappa shape index (κ1) is 26.2. The summed E-state index contributed by atoms with van der Waals surface area (Å²) in [5, 5.41) is 2.63. The lowest BCUT2D eigenvalue weighted by Gasteiger charge is -2.24. The van der Waals surface area contributed by atoms with Crippen molar-refractivity contribution in [1.82, 2.24) is 14.5 Å². The van der Waals surface area contributed by atoms with Crippen LogP contribution in [0, 0.1) is 0 Å². The number of hydrogen-bond donors (Lipinski definition) is 0. The average molecular weight is 531 g/mol. The van der Waals surface area contributed by atoms with E-state index >= 15 is 0 Å². The molecule has 1 aliphatic rings. The first-order chi connectivity index (χ1) is 19.5. The van der Waals surface area contributed by atoms with Crippen molar-refractivity contribution >= 4 is 44.9 Å². The van der Waals surface area contributed by atoms with Gasteiger partial charge in [-0.25, -0.2) is 14.1 Å². The van der Waals surface area contributed by atoms with Crippen LogP contribution in [0.2, 0.25) is 0 Å². The average Bonchev–Trinajstić information content (AvgIpc) is 3.35. The molecule has 5 nitrogen and oxygen atoms in total. The van der Waals surface area contributed by atoms with E-state index < -0.39 is 0 Å². The number of fused-ring (bicyclic) bond motifs is 5. The zero-order valence-corrected chi connectivity index (χ0v) is 24.5. The summed E-state index contributed by atoms with van der Waals surface area (Å²) in [4.78, 5) is 12.6. The monoisotopic (exact) mass is 530 g/mol. The van der Waals surface area contributed by atoms with E-state index in [2.05, 4.69) is 116 Å². The fraction of sp³-hybridized carbons (Fsp3) is 0.343. The van der Waals surface area contributed by atoms with Gasteiger partial charge >= 0.3 is 5.65 Å². The summed E-state index contributed by atoms with van der Waals surface area (Å²) in [5.41, 5.74) is 7.74. The minimum Gasteiger partial charge on any atom is -0.347 e. The molecule has 0 bridgehead atoms. The highest BCUT2D eigenvalue weighted by Gasteiger charge is 2.39. The third-order valence-corrected chi connectivity index (χ3v) is 8.46. The maximum Gasteiger partial charge on any atom is 0.323 e. The third kappa shape index (κ3) is 4.28. The number of rotatable bonds is 8. The van der Waals surface area contributed by atoms with Crippen molar-refractivity contribution in [2.45, 2.75) is 71.9 Å². The molecule has 0 saturated carbocycles. The van der Waals surface area contributed by atoms with Gasteiger partial charge in [0.25, 0.3) is 5.65 Å². The predicted molar refractivity (Wildman–Crippen MR) is 168 cm³/mol. The molecule has 5 aromatic rings. The van der Waals surface area contributed by atoms with Crippen LogP contribution in [0.3, 0.4) is 0 Å². The van der Waals surface area contributed by atoms with Gasteiger partial charge in [0.15, 0.2) is 5.52 Å². The molecule has 0 atom stereocenters. The number of likely N-dealkylation sites (N-methyl/N-ethyl adjacent to an activating group) is 1. The zero-order chi connectivity index (χ0) is 27.9. The molecule has 3 heterocycles. The van der Waals surface area contributed by atoms with E-state index in [9.17, 15) is 0 Å². The first-order valence-electron chi connectivity index (χ1n) is 14.8. The highest BCUT2D eigenvalue weighted by molar-refractivity contribution is 5.94. The number of imidazole rings is 1. The molecule has 0 fully saturated rings. The van der Waals surface area contributed by atoms with Gasteiger partial charge in [-0.3, -0.25) is 0 Å². The van der Waals surface area contributed by atoms with Gasteiger partial charge in [-0.2, -0.15) is 0 Å². The number of aromatic nitrogens is 4. The van der Waals surface area contributed by atoms with Crippen LogP contribution < -0.4 is 9.47 Å².